The van der Waals surface area contributed by atoms with Gasteiger partial charge < -0.3 is 9.47 Å². The number of benzene rings is 2. The van der Waals surface area contributed by atoms with Crippen LogP contribution >= 0.6 is 15.9 Å². The molecule has 2 aromatic rings. The number of hydrogen-bond acceptors (Lipinski definition) is 4. The van der Waals surface area contributed by atoms with Gasteiger partial charge in [-0.05, 0) is 24.3 Å². The molecule has 0 aromatic heterocycles. The van der Waals surface area contributed by atoms with Crippen LogP contribution in [0.2, 0.25) is 0 Å². The number of para-hydroxylation sites is 1. The second-order valence-electron chi connectivity index (χ2n) is 4.31. The van der Waals surface area contributed by atoms with Crippen LogP contribution in [0.5, 0.6) is 5.75 Å². The van der Waals surface area contributed by atoms with Crippen LogP contribution in [0.1, 0.15) is 10.4 Å². The molecule has 0 saturated carbocycles. The highest BCUT2D eigenvalue weighted by Gasteiger charge is 2.11. The Bertz CT molecular complexity index is 670. The van der Waals surface area contributed by atoms with E-state index in [1.165, 1.54) is 18.2 Å². The highest BCUT2D eigenvalue weighted by atomic mass is 79.9. The van der Waals surface area contributed by atoms with Gasteiger partial charge in [0.15, 0.2) is 30.6 Å². The summed E-state index contributed by atoms with van der Waals surface area (Å²) in [5, 5.41) is 0. The van der Waals surface area contributed by atoms with Crippen molar-refractivity contribution in [2.45, 2.75) is 0 Å². The standard InChI is InChI=1S/C16H12BrFO4/c17-12-7-5-11(6-8-12)14(19)9-22-16(20)10-21-15-4-2-1-3-13(15)18/h1-8H,9-10H2. The second kappa shape index (κ2) is 7.70. The molecule has 114 valence electrons. The lowest BCUT2D eigenvalue weighted by Gasteiger charge is -2.07. The number of rotatable bonds is 6. The number of carbonyl (C=O) groups excluding carboxylic acids is 2. The van der Waals surface area contributed by atoms with E-state index in [2.05, 4.69) is 15.9 Å². The first-order chi connectivity index (χ1) is 10.6. The van der Waals surface area contributed by atoms with Gasteiger partial charge in [-0.1, -0.05) is 40.2 Å². The number of esters is 1. The predicted octanol–water partition coefficient (Wildman–Crippen LogP) is 3.39. The number of ether oxygens (including phenoxy) is 2. The van der Waals surface area contributed by atoms with Crippen molar-refractivity contribution in [2.75, 3.05) is 13.2 Å². The minimum absolute atomic E-state index is 0.0429. The Hall–Kier alpha value is -2.21. The largest absolute Gasteiger partial charge is 0.479 e. The summed E-state index contributed by atoms with van der Waals surface area (Å²) >= 11 is 3.26. The van der Waals surface area contributed by atoms with E-state index in [0.717, 1.165) is 4.47 Å². The highest BCUT2D eigenvalue weighted by Crippen LogP contribution is 2.15. The minimum atomic E-state index is -0.742. The van der Waals surface area contributed by atoms with E-state index in [-0.39, 0.29) is 18.1 Å². The van der Waals surface area contributed by atoms with E-state index >= 15 is 0 Å². The summed E-state index contributed by atoms with van der Waals surface area (Å²) in [6.45, 7) is -0.852. The van der Waals surface area contributed by atoms with E-state index in [1.54, 1.807) is 30.3 Å². The maximum atomic E-state index is 13.3. The van der Waals surface area contributed by atoms with E-state index < -0.39 is 18.4 Å². The molecule has 0 radical (unpaired) electrons. The topological polar surface area (TPSA) is 52.6 Å². The molecule has 0 saturated heterocycles. The molecule has 2 rings (SSSR count). The molecule has 22 heavy (non-hydrogen) atoms. The lowest BCUT2D eigenvalue weighted by Crippen LogP contribution is -2.19. The Labute approximate surface area is 135 Å². The number of ketones is 1. The zero-order chi connectivity index (χ0) is 15.9. The molecular weight excluding hydrogens is 355 g/mol. The normalized spacial score (nSPS) is 10.1. The molecule has 0 unspecified atom stereocenters. The molecule has 0 bridgehead atoms. The lowest BCUT2D eigenvalue weighted by molar-refractivity contribution is -0.144. The number of carbonyl (C=O) groups is 2. The summed E-state index contributed by atoms with van der Waals surface area (Å²) in [6.07, 6.45) is 0. The monoisotopic (exact) mass is 366 g/mol. The van der Waals surface area contributed by atoms with E-state index in [1.807, 2.05) is 0 Å². The molecule has 4 nitrogen and oxygen atoms in total. The molecule has 0 heterocycles. The fourth-order valence-electron chi connectivity index (χ4n) is 1.61. The summed E-state index contributed by atoms with van der Waals surface area (Å²) < 4.78 is 23.9. The fraction of sp³-hybridized carbons (Fsp3) is 0.125. The maximum Gasteiger partial charge on any atom is 0.344 e. The van der Waals surface area contributed by atoms with Crippen molar-refractivity contribution in [3.63, 3.8) is 0 Å². The van der Waals surface area contributed by atoms with E-state index in [4.69, 9.17) is 9.47 Å². The van der Waals surface area contributed by atoms with Crippen molar-refractivity contribution in [1.82, 2.24) is 0 Å². The van der Waals surface area contributed by atoms with Crippen LogP contribution in [-0.4, -0.2) is 25.0 Å². The van der Waals surface area contributed by atoms with Crippen LogP contribution in [0.3, 0.4) is 0 Å². The summed E-state index contributed by atoms with van der Waals surface area (Å²) in [4.78, 5) is 23.3. The average Bonchev–Trinajstić information content (AvgIpc) is 2.52. The minimum Gasteiger partial charge on any atom is -0.479 e. The van der Waals surface area contributed by atoms with Crippen molar-refractivity contribution in [3.8, 4) is 5.75 Å². The van der Waals surface area contributed by atoms with Gasteiger partial charge in [-0.25, -0.2) is 9.18 Å². The van der Waals surface area contributed by atoms with Crippen molar-refractivity contribution in [1.29, 1.82) is 0 Å². The van der Waals surface area contributed by atoms with Crippen molar-refractivity contribution in [2.24, 2.45) is 0 Å². The van der Waals surface area contributed by atoms with Crippen LogP contribution in [0.15, 0.2) is 53.0 Å². The Morgan fingerprint density at radius 2 is 1.68 bits per heavy atom. The quantitative estimate of drug-likeness (QED) is 0.580. The first-order valence-electron chi connectivity index (χ1n) is 6.38. The van der Waals surface area contributed by atoms with Crippen molar-refractivity contribution < 1.29 is 23.5 Å². The van der Waals surface area contributed by atoms with Crippen molar-refractivity contribution >= 4 is 27.7 Å². The third kappa shape index (κ3) is 4.66. The number of hydrogen-bond donors (Lipinski definition) is 0. The maximum absolute atomic E-state index is 13.3. The highest BCUT2D eigenvalue weighted by molar-refractivity contribution is 9.10. The zero-order valence-electron chi connectivity index (χ0n) is 11.4. The molecule has 0 aliphatic rings. The molecule has 0 aliphatic carbocycles. The average molecular weight is 367 g/mol. The summed E-state index contributed by atoms with van der Waals surface area (Å²) in [5.74, 6) is -1.68. The van der Waals surface area contributed by atoms with Crippen LogP contribution in [0, 0.1) is 5.82 Å². The van der Waals surface area contributed by atoms with Gasteiger partial charge in [0.25, 0.3) is 0 Å². The smallest absolute Gasteiger partial charge is 0.344 e. The van der Waals surface area contributed by atoms with Gasteiger partial charge in [0, 0.05) is 10.0 Å². The van der Waals surface area contributed by atoms with Crippen LogP contribution < -0.4 is 4.74 Å². The molecule has 2 aromatic carbocycles. The van der Waals surface area contributed by atoms with E-state index in [9.17, 15) is 14.0 Å². The Morgan fingerprint density at radius 1 is 1.00 bits per heavy atom. The van der Waals surface area contributed by atoms with Gasteiger partial charge in [0.05, 0.1) is 0 Å². The Kier molecular flexibility index (Phi) is 5.66. The van der Waals surface area contributed by atoms with Crippen LogP contribution in [-0.2, 0) is 9.53 Å². The zero-order valence-corrected chi connectivity index (χ0v) is 13.0. The predicted molar refractivity (Wildman–Crippen MR) is 81.3 cm³/mol. The first kappa shape index (κ1) is 16.2. The van der Waals surface area contributed by atoms with Crippen LogP contribution in [0.25, 0.3) is 0 Å². The molecule has 0 aliphatic heterocycles. The van der Waals surface area contributed by atoms with Gasteiger partial charge in [0.2, 0.25) is 0 Å². The summed E-state index contributed by atoms with van der Waals surface area (Å²) in [5.41, 5.74) is 0.436. The summed E-state index contributed by atoms with van der Waals surface area (Å²) in [7, 11) is 0. The molecule has 0 fully saturated rings. The van der Waals surface area contributed by atoms with Gasteiger partial charge in [-0.3, -0.25) is 4.79 Å². The first-order valence-corrected chi connectivity index (χ1v) is 7.17. The van der Waals surface area contributed by atoms with Gasteiger partial charge in [-0.2, -0.15) is 0 Å². The number of Topliss-reactive ketones (excluding diaryl/α,β-unsaturated/α-hetero) is 1. The second-order valence-corrected chi connectivity index (χ2v) is 5.23. The SMILES string of the molecule is O=C(COc1ccccc1F)OCC(=O)c1ccc(Br)cc1. The lowest BCUT2D eigenvalue weighted by atomic mass is 10.1. The third-order valence-electron chi connectivity index (χ3n) is 2.71. The molecule has 0 atom stereocenters. The van der Waals surface area contributed by atoms with Gasteiger partial charge in [-0.15, -0.1) is 0 Å². The molecule has 0 spiro atoms. The van der Waals surface area contributed by atoms with Gasteiger partial charge in [0.1, 0.15) is 0 Å². The molecule has 0 amide bonds. The fourth-order valence-corrected chi connectivity index (χ4v) is 1.87. The van der Waals surface area contributed by atoms with Crippen LogP contribution in [0.4, 0.5) is 4.39 Å². The number of halogens is 2. The van der Waals surface area contributed by atoms with E-state index in [0.29, 0.717) is 5.56 Å². The Morgan fingerprint density at radius 3 is 2.36 bits per heavy atom. The van der Waals surface area contributed by atoms with Crippen molar-refractivity contribution in [3.05, 3.63) is 64.4 Å². The third-order valence-corrected chi connectivity index (χ3v) is 3.24. The molecular formula is C16H12BrFO4. The molecule has 0 N–H and O–H groups in total. The Balaban J connectivity index is 1.79. The van der Waals surface area contributed by atoms with Gasteiger partial charge >= 0.3 is 5.97 Å². The summed E-state index contributed by atoms with van der Waals surface area (Å²) in [6, 6.07) is 12.4. The molecule has 6 heteroatoms.